The van der Waals surface area contributed by atoms with Crippen LogP contribution < -0.4 is 5.32 Å². The van der Waals surface area contributed by atoms with E-state index >= 15 is 0 Å². The first-order valence-corrected chi connectivity index (χ1v) is 7.59. The third-order valence-electron chi connectivity index (χ3n) is 4.14. The van der Waals surface area contributed by atoms with Crippen molar-refractivity contribution in [3.05, 3.63) is 0 Å². The minimum atomic E-state index is -1.05. The fraction of sp³-hybridized carbons (Fsp3) is 0.867. The van der Waals surface area contributed by atoms with E-state index in [1.54, 1.807) is 6.92 Å². The topological polar surface area (TPSA) is 69.6 Å². The molecular formula is C15H28N2O3. The molecule has 20 heavy (non-hydrogen) atoms. The molecule has 1 aliphatic heterocycles. The van der Waals surface area contributed by atoms with Crippen molar-refractivity contribution in [1.82, 2.24) is 10.2 Å². The Labute approximate surface area is 121 Å². The lowest BCUT2D eigenvalue weighted by Crippen LogP contribution is -2.55. The summed E-state index contributed by atoms with van der Waals surface area (Å²) in [5.41, 5.74) is -1.05. The molecule has 2 amide bonds. The molecule has 116 valence electrons. The van der Waals surface area contributed by atoms with Crippen LogP contribution in [0.25, 0.3) is 0 Å². The molecule has 0 aromatic heterocycles. The molecule has 1 fully saturated rings. The highest BCUT2D eigenvalue weighted by atomic mass is 16.4. The van der Waals surface area contributed by atoms with Gasteiger partial charge >= 0.3 is 12.0 Å². The van der Waals surface area contributed by atoms with Gasteiger partial charge in [0.25, 0.3) is 0 Å². The maximum atomic E-state index is 12.2. The third-order valence-corrected chi connectivity index (χ3v) is 4.14. The van der Waals surface area contributed by atoms with Crippen LogP contribution >= 0.6 is 0 Å². The molecule has 1 aliphatic rings. The standard InChI is InChI=1S/C15H28N2O3/c1-11(2)7-5-8-12(3)16-14(20)17-10-6-9-15(17,4)13(18)19/h11-12H,5-10H2,1-4H3,(H,16,20)(H,18,19). The van der Waals surface area contributed by atoms with Gasteiger partial charge < -0.3 is 15.3 Å². The maximum absolute atomic E-state index is 12.2. The number of hydrogen-bond donors (Lipinski definition) is 2. The Hall–Kier alpha value is -1.26. The van der Waals surface area contributed by atoms with E-state index in [1.165, 1.54) is 4.90 Å². The van der Waals surface area contributed by atoms with Gasteiger partial charge in [-0.25, -0.2) is 9.59 Å². The van der Waals surface area contributed by atoms with E-state index in [1.807, 2.05) is 6.92 Å². The van der Waals surface area contributed by atoms with Gasteiger partial charge in [0.1, 0.15) is 5.54 Å². The van der Waals surface area contributed by atoms with Gasteiger partial charge in [0, 0.05) is 12.6 Å². The molecule has 0 aliphatic carbocycles. The van der Waals surface area contributed by atoms with Gasteiger partial charge in [0.05, 0.1) is 0 Å². The number of amides is 2. The summed E-state index contributed by atoms with van der Waals surface area (Å²) in [5.74, 6) is -0.246. The van der Waals surface area contributed by atoms with Crippen LogP contribution in [-0.2, 0) is 4.79 Å². The van der Waals surface area contributed by atoms with Crippen LogP contribution in [0.1, 0.15) is 59.8 Å². The van der Waals surface area contributed by atoms with Crippen molar-refractivity contribution in [2.75, 3.05) is 6.54 Å². The van der Waals surface area contributed by atoms with E-state index in [9.17, 15) is 14.7 Å². The molecule has 2 N–H and O–H groups in total. The van der Waals surface area contributed by atoms with E-state index in [-0.39, 0.29) is 12.1 Å². The van der Waals surface area contributed by atoms with E-state index < -0.39 is 11.5 Å². The van der Waals surface area contributed by atoms with E-state index in [0.717, 1.165) is 25.7 Å². The van der Waals surface area contributed by atoms with Gasteiger partial charge in [-0.15, -0.1) is 0 Å². The molecule has 2 atom stereocenters. The number of carbonyl (C=O) groups excluding carboxylic acids is 1. The number of aliphatic carboxylic acids is 1. The van der Waals surface area contributed by atoms with Crippen molar-refractivity contribution >= 4 is 12.0 Å². The molecule has 1 heterocycles. The summed E-state index contributed by atoms with van der Waals surface area (Å²) in [6, 6.07) is -0.163. The lowest BCUT2D eigenvalue weighted by Gasteiger charge is -2.32. The summed E-state index contributed by atoms with van der Waals surface area (Å²) in [6.45, 7) is 8.50. The van der Waals surface area contributed by atoms with E-state index in [4.69, 9.17) is 0 Å². The predicted molar refractivity (Wildman–Crippen MR) is 78.7 cm³/mol. The van der Waals surface area contributed by atoms with Crippen molar-refractivity contribution in [3.63, 3.8) is 0 Å². The Balaban J connectivity index is 2.47. The number of carboxylic acid groups (broad SMARTS) is 1. The number of urea groups is 1. The smallest absolute Gasteiger partial charge is 0.329 e. The Morgan fingerprint density at radius 2 is 1.95 bits per heavy atom. The molecular weight excluding hydrogens is 256 g/mol. The second-order valence-corrected chi connectivity index (χ2v) is 6.51. The molecule has 0 aromatic carbocycles. The first-order chi connectivity index (χ1) is 9.27. The number of likely N-dealkylation sites (tertiary alicyclic amines) is 1. The number of nitrogens with one attached hydrogen (secondary N) is 1. The normalized spacial score (nSPS) is 23.9. The van der Waals surface area contributed by atoms with Crippen molar-refractivity contribution < 1.29 is 14.7 Å². The van der Waals surface area contributed by atoms with Crippen molar-refractivity contribution in [2.45, 2.75) is 71.4 Å². The highest BCUT2D eigenvalue weighted by molar-refractivity contribution is 5.86. The minimum absolute atomic E-state index is 0.0832. The second kappa shape index (κ2) is 6.95. The van der Waals surface area contributed by atoms with Crippen LogP contribution in [0.2, 0.25) is 0 Å². The Morgan fingerprint density at radius 1 is 1.30 bits per heavy atom. The molecule has 5 nitrogen and oxygen atoms in total. The lowest BCUT2D eigenvalue weighted by molar-refractivity contribution is -0.147. The molecule has 0 bridgehead atoms. The monoisotopic (exact) mass is 284 g/mol. The van der Waals surface area contributed by atoms with Gasteiger partial charge in [-0.3, -0.25) is 0 Å². The van der Waals surface area contributed by atoms with Crippen LogP contribution in [0, 0.1) is 5.92 Å². The quantitative estimate of drug-likeness (QED) is 0.788. The summed E-state index contributed by atoms with van der Waals surface area (Å²) in [7, 11) is 0. The van der Waals surface area contributed by atoms with E-state index in [2.05, 4.69) is 19.2 Å². The van der Waals surface area contributed by atoms with Crippen molar-refractivity contribution in [2.24, 2.45) is 5.92 Å². The van der Waals surface area contributed by atoms with Gasteiger partial charge in [-0.2, -0.15) is 0 Å². The van der Waals surface area contributed by atoms with E-state index in [0.29, 0.717) is 18.9 Å². The SMILES string of the molecule is CC(C)CCCC(C)NC(=O)N1CCCC1(C)C(=O)O. The average molecular weight is 284 g/mol. The molecule has 1 saturated heterocycles. The zero-order chi connectivity index (χ0) is 15.3. The number of carboxylic acids is 1. The minimum Gasteiger partial charge on any atom is -0.480 e. The van der Waals surface area contributed by atoms with Crippen molar-refractivity contribution in [1.29, 1.82) is 0 Å². The molecule has 0 radical (unpaired) electrons. The molecule has 0 saturated carbocycles. The summed E-state index contributed by atoms with van der Waals surface area (Å²) in [4.78, 5) is 25.0. The second-order valence-electron chi connectivity index (χ2n) is 6.51. The summed E-state index contributed by atoms with van der Waals surface area (Å²) in [6.07, 6.45) is 4.43. The van der Waals surface area contributed by atoms with Crippen LogP contribution in [-0.4, -0.2) is 40.1 Å². The first kappa shape index (κ1) is 16.8. The summed E-state index contributed by atoms with van der Waals surface area (Å²) >= 11 is 0. The highest BCUT2D eigenvalue weighted by Crippen LogP contribution is 2.29. The fourth-order valence-corrected chi connectivity index (χ4v) is 2.70. The van der Waals surface area contributed by atoms with Gasteiger partial charge in [0.15, 0.2) is 0 Å². The van der Waals surface area contributed by atoms with Crippen LogP contribution in [0.15, 0.2) is 0 Å². The lowest BCUT2D eigenvalue weighted by atomic mass is 9.99. The maximum Gasteiger partial charge on any atom is 0.329 e. The predicted octanol–water partition coefficient (Wildman–Crippen LogP) is 2.85. The summed E-state index contributed by atoms with van der Waals surface area (Å²) in [5, 5.41) is 12.2. The fourth-order valence-electron chi connectivity index (χ4n) is 2.70. The zero-order valence-corrected chi connectivity index (χ0v) is 13.1. The van der Waals surface area contributed by atoms with Crippen LogP contribution in [0.3, 0.4) is 0 Å². The Bertz CT molecular complexity index is 357. The van der Waals surface area contributed by atoms with Gasteiger partial charge in [0.2, 0.25) is 0 Å². The molecule has 1 rings (SSSR count). The summed E-state index contributed by atoms with van der Waals surface area (Å²) < 4.78 is 0. The number of rotatable bonds is 6. The number of hydrogen-bond acceptors (Lipinski definition) is 2. The largest absolute Gasteiger partial charge is 0.480 e. The first-order valence-electron chi connectivity index (χ1n) is 7.59. The number of nitrogens with zero attached hydrogens (tertiary/aromatic N) is 1. The highest BCUT2D eigenvalue weighted by Gasteiger charge is 2.46. The molecule has 0 aromatic rings. The Morgan fingerprint density at radius 3 is 2.50 bits per heavy atom. The Kier molecular flexibility index (Phi) is 5.84. The number of carbonyl (C=O) groups is 2. The average Bonchev–Trinajstić information content (AvgIpc) is 2.72. The van der Waals surface area contributed by atoms with Gasteiger partial charge in [-0.1, -0.05) is 26.7 Å². The van der Waals surface area contributed by atoms with Crippen LogP contribution in [0.5, 0.6) is 0 Å². The molecule has 0 spiro atoms. The third kappa shape index (κ3) is 4.12. The zero-order valence-electron chi connectivity index (χ0n) is 13.1. The molecule has 5 heteroatoms. The molecule has 2 unspecified atom stereocenters. The van der Waals surface area contributed by atoms with Crippen LogP contribution in [0.4, 0.5) is 4.79 Å². The van der Waals surface area contributed by atoms with Crippen molar-refractivity contribution in [3.8, 4) is 0 Å². The van der Waals surface area contributed by atoms with Gasteiger partial charge in [-0.05, 0) is 39.0 Å².